The number of carbonyl (C=O) groups excluding carboxylic acids is 2. The van der Waals surface area contributed by atoms with Crippen LogP contribution in [-0.2, 0) is 29.0 Å². The molecule has 1 amide bonds. The molecule has 0 aliphatic rings. The van der Waals surface area contributed by atoms with Gasteiger partial charge in [-0.25, -0.2) is 13.5 Å². The molecular formula is C23H24ClN3O4S. The Kier molecular flexibility index (Phi) is 7.95. The van der Waals surface area contributed by atoms with E-state index in [-0.39, 0.29) is 5.15 Å². The van der Waals surface area contributed by atoms with Crippen molar-refractivity contribution in [2.24, 2.45) is 0 Å². The van der Waals surface area contributed by atoms with Crippen molar-refractivity contribution in [2.45, 2.75) is 39.7 Å². The van der Waals surface area contributed by atoms with Gasteiger partial charge in [-0.2, -0.15) is 0 Å². The van der Waals surface area contributed by atoms with E-state index in [2.05, 4.69) is 11.9 Å². The maximum Gasteiger partial charge on any atom is 0.268 e. The van der Waals surface area contributed by atoms with Crippen molar-refractivity contribution in [3.8, 4) is 11.1 Å². The summed E-state index contributed by atoms with van der Waals surface area (Å²) in [5.74, 6) is 0.240. The van der Waals surface area contributed by atoms with Gasteiger partial charge in [0.25, 0.3) is 11.3 Å². The highest BCUT2D eigenvalue weighted by atomic mass is 35.5. The number of rotatable bonds is 9. The summed E-state index contributed by atoms with van der Waals surface area (Å²) in [6.45, 7) is 3.77. The molecule has 3 aromatic rings. The van der Waals surface area contributed by atoms with Gasteiger partial charge in [-0.05, 0) is 23.6 Å². The van der Waals surface area contributed by atoms with Crippen LogP contribution < -0.4 is 4.31 Å². The molecule has 0 fully saturated rings. The standard InChI is InChI=1S/C23H24ClN3O4S/c1-3-4-9-22-25-23(24)21(15-28)26(22)14-17-10-12-18(13-11-17)19-7-5-6-8-20(19)27(16(2)29)32(30)31/h5-8,10-13,15H,3-4,9,14H2,1-2H3,(H,30,31). The van der Waals surface area contributed by atoms with Gasteiger partial charge in [0.2, 0.25) is 5.91 Å². The first-order valence-corrected chi connectivity index (χ1v) is 11.6. The molecule has 1 N–H and O–H groups in total. The maximum absolute atomic E-state index is 11.9. The van der Waals surface area contributed by atoms with Crippen LogP contribution >= 0.6 is 11.6 Å². The zero-order valence-electron chi connectivity index (χ0n) is 17.8. The smallest absolute Gasteiger partial charge is 0.268 e. The van der Waals surface area contributed by atoms with Gasteiger partial charge in [0.1, 0.15) is 11.5 Å². The van der Waals surface area contributed by atoms with Gasteiger partial charge >= 0.3 is 0 Å². The quantitative estimate of drug-likeness (QED) is 0.352. The second-order valence-corrected chi connectivity index (χ2v) is 8.45. The minimum Gasteiger partial charge on any atom is -0.320 e. The van der Waals surface area contributed by atoms with E-state index in [1.165, 1.54) is 6.92 Å². The molecule has 0 aliphatic heterocycles. The minimum atomic E-state index is -2.48. The summed E-state index contributed by atoms with van der Waals surface area (Å²) >= 11 is 3.68. The first-order chi connectivity index (χ1) is 15.4. The first kappa shape index (κ1) is 23.8. The average molecular weight is 474 g/mol. The number of amides is 1. The molecule has 0 spiro atoms. The predicted molar refractivity (Wildman–Crippen MR) is 126 cm³/mol. The number of aldehydes is 1. The molecule has 1 heterocycles. The highest BCUT2D eigenvalue weighted by Gasteiger charge is 2.21. The third kappa shape index (κ3) is 5.15. The number of aryl methyl sites for hydroxylation is 1. The largest absolute Gasteiger partial charge is 0.320 e. The number of benzene rings is 2. The van der Waals surface area contributed by atoms with E-state index in [1.807, 2.05) is 28.8 Å². The van der Waals surface area contributed by atoms with Crippen LogP contribution in [0.15, 0.2) is 48.5 Å². The van der Waals surface area contributed by atoms with Crippen LogP contribution in [0.2, 0.25) is 5.15 Å². The van der Waals surface area contributed by atoms with Crippen LogP contribution in [0.4, 0.5) is 5.69 Å². The topological polar surface area (TPSA) is 92.5 Å². The molecule has 0 saturated heterocycles. The molecule has 3 rings (SSSR count). The van der Waals surface area contributed by atoms with Gasteiger partial charge in [-0.3, -0.25) is 14.1 Å². The summed E-state index contributed by atoms with van der Waals surface area (Å²) in [6, 6.07) is 14.5. The van der Waals surface area contributed by atoms with E-state index in [0.717, 1.165) is 46.8 Å². The lowest BCUT2D eigenvalue weighted by Crippen LogP contribution is -2.30. The van der Waals surface area contributed by atoms with E-state index in [9.17, 15) is 18.4 Å². The van der Waals surface area contributed by atoms with Crippen LogP contribution in [0.5, 0.6) is 0 Å². The number of halogens is 1. The summed E-state index contributed by atoms with van der Waals surface area (Å²) in [6.07, 6.45) is 3.40. The molecule has 2 aromatic carbocycles. The molecule has 32 heavy (non-hydrogen) atoms. The molecule has 0 radical (unpaired) electrons. The van der Waals surface area contributed by atoms with Crippen LogP contribution in [0.1, 0.15) is 48.6 Å². The van der Waals surface area contributed by atoms with Crippen molar-refractivity contribution in [1.82, 2.24) is 9.55 Å². The third-order valence-corrected chi connectivity index (χ3v) is 6.12. The lowest BCUT2D eigenvalue weighted by molar-refractivity contribution is -0.115. The highest BCUT2D eigenvalue weighted by Crippen LogP contribution is 2.32. The Hall–Kier alpha value is -2.81. The molecule has 0 bridgehead atoms. The minimum absolute atomic E-state index is 0.206. The number of hydrogen-bond acceptors (Lipinski definition) is 4. The van der Waals surface area contributed by atoms with E-state index in [4.69, 9.17) is 11.6 Å². The second kappa shape index (κ2) is 10.7. The number of para-hydroxylation sites is 1. The fourth-order valence-corrected chi connectivity index (χ4v) is 4.32. The van der Waals surface area contributed by atoms with Crippen LogP contribution in [0.25, 0.3) is 11.1 Å². The molecule has 7 nitrogen and oxygen atoms in total. The molecule has 1 atom stereocenters. The Morgan fingerprint density at radius 2 is 1.91 bits per heavy atom. The second-order valence-electron chi connectivity index (χ2n) is 7.27. The molecular weight excluding hydrogens is 450 g/mol. The zero-order chi connectivity index (χ0) is 23.3. The van der Waals surface area contributed by atoms with E-state index in [0.29, 0.717) is 23.5 Å². The number of carbonyl (C=O) groups is 2. The summed E-state index contributed by atoms with van der Waals surface area (Å²) in [4.78, 5) is 27.8. The molecule has 168 valence electrons. The van der Waals surface area contributed by atoms with Gasteiger partial charge in [-0.1, -0.05) is 67.4 Å². The van der Waals surface area contributed by atoms with Gasteiger partial charge in [0, 0.05) is 25.5 Å². The van der Waals surface area contributed by atoms with E-state index in [1.54, 1.807) is 24.3 Å². The van der Waals surface area contributed by atoms with Crippen LogP contribution in [0, 0.1) is 0 Å². The van der Waals surface area contributed by atoms with Gasteiger partial charge < -0.3 is 4.57 Å². The maximum atomic E-state index is 11.9. The summed E-state index contributed by atoms with van der Waals surface area (Å²) in [5.41, 5.74) is 3.08. The van der Waals surface area contributed by atoms with Crippen molar-refractivity contribution < 1.29 is 18.4 Å². The number of aromatic nitrogens is 2. The fourth-order valence-electron chi connectivity index (χ4n) is 3.53. The van der Waals surface area contributed by atoms with Crippen LogP contribution in [0.3, 0.4) is 0 Å². The molecule has 0 saturated carbocycles. The van der Waals surface area contributed by atoms with E-state index >= 15 is 0 Å². The SMILES string of the molecule is CCCCc1nc(Cl)c(C=O)n1Cc1ccc(-c2ccccc2N(C(C)=O)S(=O)O)cc1. The Balaban J connectivity index is 1.94. The van der Waals surface area contributed by atoms with Gasteiger partial charge in [0.05, 0.1) is 5.69 Å². The van der Waals surface area contributed by atoms with Crippen molar-refractivity contribution >= 4 is 40.7 Å². The first-order valence-electron chi connectivity index (χ1n) is 10.2. The fraction of sp³-hybridized carbons (Fsp3) is 0.261. The predicted octanol–water partition coefficient (Wildman–Crippen LogP) is 4.90. The third-order valence-electron chi connectivity index (χ3n) is 5.08. The molecule has 1 aromatic heterocycles. The zero-order valence-corrected chi connectivity index (χ0v) is 19.4. The Morgan fingerprint density at radius 3 is 2.50 bits per heavy atom. The van der Waals surface area contributed by atoms with Crippen molar-refractivity contribution in [1.29, 1.82) is 0 Å². The van der Waals surface area contributed by atoms with Crippen molar-refractivity contribution in [2.75, 3.05) is 4.31 Å². The lowest BCUT2D eigenvalue weighted by atomic mass is 10.0. The van der Waals surface area contributed by atoms with Crippen molar-refractivity contribution in [3.05, 3.63) is 70.8 Å². The molecule has 1 unspecified atom stereocenters. The van der Waals surface area contributed by atoms with Gasteiger partial charge in [0.15, 0.2) is 11.4 Å². The van der Waals surface area contributed by atoms with Crippen LogP contribution in [-0.4, -0.2) is 30.5 Å². The normalized spacial score (nSPS) is 11.9. The van der Waals surface area contributed by atoms with Gasteiger partial charge in [-0.15, -0.1) is 0 Å². The summed E-state index contributed by atoms with van der Waals surface area (Å²) in [7, 11) is 0. The Labute approximate surface area is 194 Å². The number of nitrogens with zero attached hydrogens (tertiary/aromatic N) is 3. The summed E-state index contributed by atoms with van der Waals surface area (Å²) in [5, 5.41) is 0.206. The molecule has 9 heteroatoms. The lowest BCUT2D eigenvalue weighted by Gasteiger charge is -2.19. The number of anilines is 1. The number of hydrogen-bond donors (Lipinski definition) is 1. The Morgan fingerprint density at radius 1 is 1.22 bits per heavy atom. The average Bonchev–Trinajstić information content (AvgIpc) is 3.06. The van der Waals surface area contributed by atoms with Crippen molar-refractivity contribution in [3.63, 3.8) is 0 Å². The summed E-state index contributed by atoms with van der Waals surface area (Å²) < 4.78 is 24.0. The Bertz CT molecular complexity index is 1130. The monoisotopic (exact) mass is 473 g/mol. The highest BCUT2D eigenvalue weighted by molar-refractivity contribution is 7.81. The number of imidazole rings is 1. The molecule has 0 aliphatic carbocycles. The van der Waals surface area contributed by atoms with E-state index < -0.39 is 17.2 Å². The number of unbranched alkanes of at least 4 members (excludes halogenated alkanes) is 1.